The molecule has 1 unspecified atom stereocenters. The minimum Gasteiger partial charge on any atom is -0.408 e. The number of benzene rings is 2. The van der Waals surface area contributed by atoms with Crippen molar-refractivity contribution in [1.29, 1.82) is 0 Å². The number of hydrogen-bond acceptors (Lipinski definition) is 3. The van der Waals surface area contributed by atoms with E-state index in [4.69, 9.17) is 16.0 Å². The van der Waals surface area contributed by atoms with Gasteiger partial charge < -0.3 is 9.73 Å². The molecule has 1 atom stereocenters. The second-order valence-corrected chi connectivity index (χ2v) is 5.37. The zero-order valence-corrected chi connectivity index (χ0v) is 12.5. The molecule has 1 N–H and O–H groups in total. The van der Waals surface area contributed by atoms with Crippen LogP contribution in [0.15, 0.2) is 51.7 Å². The van der Waals surface area contributed by atoms with Crippen molar-refractivity contribution in [3.05, 3.63) is 69.2 Å². The highest BCUT2D eigenvalue weighted by Crippen LogP contribution is 2.26. The van der Waals surface area contributed by atoms with Gasteiger partial charge in [0.05, 0.1) is 11.6 Å². The van der Waals surface area contributed by atoms with Gasteiger partial charge in [0, 0.05) is 12.1 Å². The molecule has 0 aliphatic carbocycles. The van der Waals surface area contributed by atoms with Gasteiger partial charge >= 0.3 is 5.76 Å². The van der Waals surface area contributed by atoms with E-state index in [1.54, 1.807) is 7.05 Å². The molecule has 3 rings (SSSR count). The van der Waals surface area contributed by atoms with Gasteiger partial charge in [0.1, 0.15) is 0 Å². The summed E-state index contributed by atoms with van der Waals surface area (Å²) < 4.78 is 6.74. The average molecular weight is 303 g/mol. The molecule has 3 aromatic rings. The molecule has 0 aliphatic heterocycles. The monoisotopic (exact) mass is 302 g/mol. The van der Waals surface area contributed by atoms with Crippen molar-refractivity contribution in [3.63, 3.8) is 0 Å². The predicted octanol–water partition coefficient (Wildman–Crippen LogP) is 3.09. The normalized spacial score (nSPS) is 12.7. The van der Waals surface area contributed by atoms with Crippen LogP contribution in [0.5, 0.6) is 0 Å². The highest BCUT2D eigenvalue weighted by Gasteiger charge is 2.15. The van der Waals surface area contributed by atoms with Crippen molar-refractivity contribution in [2.45, 2.75) is 6.04 Å². The topological polar surface area (TPSA) is 47.2 Å². The molecule has 108 valence electrons. The number of aromatic nitrogens is 1. The van der Waals surface area contributed by atoms with Crippen LogP contribution in [0.2, 0.25) is 5.02 Å². The largest absolute Gasteiger partial charge is 0.419 e. The quantitative estimate of drug-likeness (QED) is 0.809. The van der Waals surface area contributed by atoms with Gasteiger partial charge in [0.2, 0.25) is 0 Å². The Balaban J connectivity index is 2.11. The van der Waals surface area contributed by atoms with Crippen LogP contribution in [0.4, 0.5) is 0 Å². The zero-order chi connectivity index (χ0) is 15.0. The molecular weight excluding hydrogens is 288 g/mol. The first-order valence-electron chi connectivity index (χ1n) is 6.62. The number of halogens is 1. The Hall–Kier alpha value is -2.04. The Bertz CT molecular complexity index is 851. The molecule has 5 heteroatoms. The van der Waals surface area contributed by atoms with E-state index in [2.05, 4.69) is 5.32 Å². The molecule has 1 aromatic heterocycles. The Labute approximate surface area is 127 Å². The number of fused-ring (bicyclic) bond motifs is 1. The molecule has 0 bridgehead atoms. The molecule has 21 heavy (non-hydrogen) atoms. The van der Waals surface area contributed by atoms with Gasteiger partial charge in [0.15, 0.2) is 5.58 Å². The van der Waals surface area contributed by atoms with Crippen LogP contribution < -0.4 is 11.1 Å². The van der Waals surface area contributed by atoms with Crippen molar-refractivity contribution in [3.8, 4) is 0 Å². The smallest absolute Gasteiger partial charge is 0.408 e. The molecule has 0 aliphatic rings. The first-order valence-corrected chi connectivity index (χ1v) is 7.00. The first kappa shape index (κ1) is 13.9. The maximum Gasteiger partial charge on any atom is 0.419 e. The summed E-state index contributed by atoms with van der Waals surface area (Å²) >= 11 is 6.06. The van der Waals surface area contributed by atoms with Crippen molar-refractivity contribution >= 4 is 22.7 Å². The third kappa shape index (κ3) is 2.48. The summed E-state index contributed by atoms with van der Waals surface area (Å²) in [6.45, 7) is 0. The number of oxazole rings is 1. The lowest BCUT2D eigenvalue weighted by atomic mass is 9.98. The van der Waals surface area contributed by atoms with Crippen molar-refractivity contribution in [2.75, 3.05) is 7.05 Å². The molecule has 0 saturated heterocycles. The van der Waals surface area contributed by atoms with Gasteiger partial charge in [-0.05, 0) is 42.4 Å². The third-order valence-corrected chi connectivity index (χ3v) is 3.86. The van der Waals surface area contributed by atoms with E-state index in [-0.39, 0.29) is 11.8 Å². The fourth-order valence-corrected chi connectivity index (χ4v) is 2.74. The van der Waals surface area contributed by atoms with Gasteiger partial charge in [-0.2, -0.15) is 0 Å². The molecule has 0 spiro atoms. The Morgan fingerprint density at radius 2 is 1.95 bits per heavy atom. The zero-order valence-electron chi connectivity index (χ0n) is 11.8. The summed E-state index contributed by atoms with van der Waals surface area (Å²) in [5.41, 5.74) is 3.44. The fraction of sp³-hybridized carbons (Fsp3) is 0.188. The predicted molar refractivity (Wildman–Crippen MR) is 83.8 cm³/mol. The van der Waals surface area contributed by atoms with Crippen LogP contribution >= 0.6 is 11.6 Å². The molecule has 1 heterocycles. The van der Waals surface area contributed by atoms with Crippen molar-refractivity contribution in [1.82, 2.24) is 9.88 Å². The van der Waals surface area contributed by atoms with Crippen LogP contribution in [-0.4, -0.2) is 11.6 Å². The molecule has 0 fully saturated rings. The lowest BCUT2D eigenvalue weighted by Crippen LogP contribution is -2.17. The standard InChI is InChI=1S/C16H15ClN2O2/c1-18-15(10-4-3-5-12(17)8-10)11-6-7-13-14(9-11)21-16(20)19(13)2/h3-9,15,18H,1-2H3. The highest BCUT2D eigenvalue weighted by molar-refractivity contribution is 6.30. The lowest BCUT2D eigenvalue weighted by molar-refractivity contribution is 0.527. The fourth-order valence-electron chi connectivity index (χ4n) is 2.54. The van der Waals surface area contributed by atoms with Gasteiger partial charge in [-0.1, -0.05) is 29.8 Å². The summed E-state index contributed by atoms with van der Waals surface area (Å²) in [6.07, 6.45) is 0. The Morgan fingerprint density at radius 1 is 1.19 bits per heavy atom. The van der Waals surface area contributed by atoms with E-state index < -0.39 is 0 Å². The summed E-state index contributed by atoms with van der Waals surface area (Å²) in [7, 11) is 3.58. The maximum atomic E-state index is 11.6. The van der Waals surface area contributed by atoms with Crippen LogP contribution in [0.25, 0.3) is 11.1 Å². The summed E-state index contributed by atoms with van der Waals surface area (Å²) in [4.78, 5) is 11.6. The average Bonchev–Trinajstić information content (AvgIpc) is 2.75. The molecule has 4 nitrogen and oxygen atoms in total. The van der Waals surface area contributed by atoms with Crippen LogP contribution in [0, 0.1) is 0 Å². The molecule has 0 saturated carbocycles. The second-order valence-electron chi connectivity index (χ2n) is 4.93. The maximum absolute atomic E-state index is 11.6. The Morgan fingerprint density at radius 3 is 2.67 bits per heavy atom. The number of aryl methyl sites for hydroxylation is 1. The molecule has 2 aromatic carbocycles. The number of rotatable bonds is 3. The van der Waals surface area contributed by atoms with Gasteiger partial charge in [0.25, 0.3) is 0 Å². The van der Waals surface area contributed by atoms with Gasteiger partial charge in [-0.25, -0.2) is 4.79 Å². The third-order valence-electron chi connectivity index (χ3n) is 3.62. The minimum atomic E-state index is -0.356. The van der Waals surface area contributed by atoms with E-state index in [0.29, 0.717) is 10.6 Å². The van der Waals surface area contributed by atoms with Crippen LogP contribution in [0.3, 0.4) is 0 Å². The summed E-state index contributed by atoms with van der Waals surface area (Å²) in [5, 5.41) is 3.96. The number of nitrogens with zero attached hydrogens (tertiary/aromatic N) is 1. The Kier molecular flexibility index (Phi) is 3.57. The van der Waals surface area contributed by atoms with Crippen molar-refractivity contribution < 1.29 is 4.42 Å². The van der Waals surface area contributed by atoms with E-state index in [1.807, 2.05) is 49.5 Å². The van der Waals surface area contributed by atoms with E-state index in [9.17, 15) is 4.79 Å². The molecule has 0 radical (unpaired) electrons. The molecule has 0 amide bonds. The highest BCUT2D eigenvalue weighted by atomic mass is 35.5. The van der Waals surface area contributed by atoms with Gasteiger partial charge in [-0.3, -0.25) is 4.57 Å². The van der Waals surface area contributed by atoms with E-state index in [0.717, 1.165) is 16.6 Å². The second kappa shape index (κ2) is 5.39. The van der Waals surface area contributed by atoms with Crippen LogP contribution in [-0.2, 0) is 7.05 Å². The van der Waals surface area contributed by atoms with E-state index in [1.165, 1.54) is 4.57 Å². The number of hydrogen-bond donors (Lipinski definition) is 1. The van der Waals surface area contributed by atoms with Crippen molar-refractivity contribution in [2.24, 2.45) is 7.05 Å². The summed E-state index contributed by atoms with van der Waals surface area (Å²) in [5.74, 6) is -0.356. The SMILES string of the molecule is CNC(c1cccc(Cl)c1)c1ccc2c(c1)oc(=O)n2C. The minimum absolute atomic E-state index is 0.0152. The lowest BCUT2D eigenvalue weighted by Gasteiger charge is -2.17. The van der Waals surface area contributed by atoms with E-state index >= 15 is 0 Å². The molecular formula is C16H15ClN2O2. The summed E-state index contributed by atoms with van der Waals surface area (Å²) in [6, 6.07) is 13.5. The number of nitrogens with one attached hydrogen (secondary N) is 1. The first-order chi connectivity index (χ1) is 10.1. The van der Waals surface area contributed by atoms with Gasteiger partial charge in [-0.15, -0.1) is 0 Å². The van der Waals surface area contributed by atoms with Crippen LogP contribution in [0.1, 0.15) is 17.2 Å².